The van der Waals surface area contributed by atoms with E-state index >= 15 is 0 Å². The molecule has 1 aromatic rings. The Morgan fingerprint density at radius 3 is 2.58 bits per heavy atom. The molecule has 1 atom stereocenters. The summed E-state index contributed by atoms with van der Waals surface area (Å²) in [5.74, 6) is -0.0782. The highest BCUT2D eigenvalue weighted by Gasteiger charge is 2.26. The van der Waals surface area contributed by atoms with Crippen LogP contribution in [0.2, 0.25) is 10.0 Å². The number of likely N-dealkylation sites (tertiary alicyclic amines) is 1. The standard InChI is InChI=1S/C13H16Cl2N2O.ClH/c1-16-9-4-3-7-17(8-9)13(18)12-10(14)5-2-6-11(12)15;/h2,5-6,9,16H,3-4,7-8H2,1H3;1H. The summed E-state index contributed by atoms with van der Waals surface area (Å²) in [7, 11) is 1.92. The Hall–Kier alpha value is -0.480. The van der Waals surface area contributed by atoms with E-state index in [-0.39, 0.29) is 18.3 Å². The lowest BCUT2D eigenvalue weighted by molar-refractivity contribution is 0.0698. The van der Waals surface area contributed by atoms with Crippen molar-refractivity contribution in [2.24, 2.45) is 0 Å². The highest BCUT2D eigenvalue weighted by Crippen LogP contribution is 2.26. The van der Waals surface area contributed by atoms with Crippen LogP contribution in [-0.4, -0.2) is 37.0 Å². The molecule has 0 spiro atoms. The Morgan fingerprint density at radius 2 is 2.00 bits per heavy atom. The Kier molecular flexibility index (Phi) is 6.40. The number of likely N-dealkylation sites (N-methyl/N-ethyl adjacent to an activating group) is 1. The van der Waals surface area contributed by atoms with Crippen LogP contribution in [0.15, 0.2) is 18.2 Å². The predicted octanol–water partition coefficient (Wildman–Crippen LogP) is 3.24. The number of amides is 1. The second kappa shape index (κ2) is 7.34. The Labute approximate surface area is 129 Å². The number of piperidine rings is 1. The number of benzene rings is 1. The first-order valence-electron chi connectivity index (χ1n) is 6.04. The molecule has 0 radical (unpaired) electrons. The van der Waals surface area contributed by atoms with Gasteiger partial charge in [-0.1, -0.05) is 29.3 Å². The minimum absolute atomic E-state index is 0. The second-order valence-corrected chi connectivity index (χ2v) is 5.29. The topological polar surface area (TPSA) is 32.3 Å². The van der Waals surface area contributed by atoms with E-state index in [2.05, 4.69) is 5.32 Å². The highest BCUT2D eigenvalue weighted by atomic mass is 35.5. The van der Waals surface area contributed by atoms with E-state index in [1.807, 2.05) is 11.9 Å². The number of hydrogen-bond donors (Lipinski definition) is 1. The first-order valence-corrected chi connectivity index (χ1v) is 6.79. The molecule has 19 heavy (non-hydrogen) atoms. The molecule has 1 fully saturated rings. The lowest BCUT2D eigenvalue weighted by atomic mass is 10.0. The maximum atomic E-state index is 12.4. The average molecular weight is 324 g/mol. The molecule has 1 aromatic carbocycles. The van der Waals surface area contributed by atoms with Gasteiger partial charge in [-0.15, -0.1) is 12.4 Å². The van der Waals surface area contributed by atoms with Crippen LogP contribution in [0.1, 0.15) is 23.2 Å². The van der Waals surface area contributed by atoms with E-state index in [9.17, 15) is 4.79 Å². The molecular weight excluding hydrogens is 307 g/mol. The van der Waals surface area contributed by atoms with Crippen LogP contribution in [0.3, 0.4) is 0 Å². The van der Waals surface area contributed by atoms with Crippen LogP contribution in [0.4, 0.5) is 0 Å². The first-order chi connectivity index (χ1) is 8.63. The fourth-order valence-corrected chi connectivity index (χ4v) is 2.82. The van der Waals surface area contributed by atoms with Crippen molar-refractivity contribution in [3.05, 3.63) is 33.8 Å². The van der Waals surface area contributed by atoms with Crippen LogP contribution in [0.25, 0.3) is 0 Å². The van der Waals surface area contributed by atoms with Crippen LogP contribution in [0.5, 0.6) is 0 Å². The number of carbonyl (C=O) groups is 1. The molecule has 0 aliphatic carbocycles. The number of rotatable bonds is 2. The molecule has 106 valence electrons. The lowest BCUT2D eigenvalue weighted by Gasteiger charge is -2.33. The van der Waals surface area contributed by atoms with Gasteiger partial charge < -0.3 is 10.2 Å². The smallest absolute Gasteiger partial charge is 0.256 e. The molecule has 1 saturated heterocycles. The van der Waals surface area contributed by atoms with E-state index in [0.717, 1.165) is 19.4 Å². The fourth-order valence-electron chi connectivity index (χ4n) is 2.26. The summed E-state index contributed by atoms with van der Waals surface area (Å²) in [6.45, 7) is 1.47. The molecule has 0 aromatic heterocycles. The van der Waals surface area contributed by atoms with Crippen LogP contribution < -0.4 is 5.32 Å². The van der Waals surface area contributed by atoms with Gasteiger partial charge in [0.05, 0.1) is 15.6 Å². The molecule has 1 heterocycles. The third kappa shape index (κ3) is 3.76. The van der Waals surface area contributed by atoms with Crippen molar-refractivity contribution < 1.29 is 4.79 Å². The maximum absolute atomic E-state index is 12.4. The van der Waals surface area contributed by atoms with Crippen molar-refractivity contribution in [1.82, 2.24) is 10.2 Å². The number of nitrogens with one attached hydrogen (secondary N) is 1. The van der Waals surface area contributed by atoms with Crippen molar-refractivity contribution >= 4 is 41.5 Å². The van der Waals surface area contributed by atoms with E-state index in [1.54, 1.807) is 18.2 Å². The summed E-state index contributed by atoms with van der Waals surface area (Å²) in [6, 6.07) is 5.48. The van der Waals surface area contributed by atoms with Gasteiger partial charge in [0.15, 0.2) is 0 Å². The van der Waals surface area contributed by atoms with Crippen LogP contribution in [-0.2, 0) is 0 Å². The molecule has 3 nitrogen and oxygen atoms in total. The molecule has 2 rings (SSSR count). The largest absolute Gasteiger partial charge is 0.337 e. The normalized spacial score (nSPS) is 18.9. The molecule has 1 aliphatic heterocycles. The summed E-state index contributed by atoms with van der Waals surface area (Å²) in [5, 5.41) is 4.04. The number of hydrogen-bond acceptors (Lipinski definition) is 2. The molecule has 1 amide bonds. The van der Waals surface area contributed by atoms with E-state index < -0.39 is 0 Å². The van der Waals surface area contributed by atoms with Gasteiger partial charge in [0.2, 0.25) is 0 Å². The summed E-state index contributed by atoms with van der Waals surface area (Å²) >= 11 is 12.1. The van der Waals surface area contributed by atoms with Crippen molar-refractivity contribution in [3.8, 4) is 0 Å². The molecule has 6 heteroatoms. The molecular formula is C13H17Cl3N2O. The maximum Gasteiger partial charge on any atom is 0.256 e. The number of halogens is 3. The molecule has 0 saturated carbocycles. The van der Waals surface area contributed by atoms with Gasteiger partial charge in [0.1, 0.15) is 0 Å². The van der Waals surface area contributed by atoms with E-state index in [0.29, 0.717) is 28.2 Å². The van der Waals surface area contributed by atoms with Gasteiger partial charge in [0.25, 0.3) is 5.91 Å². The minimum Gasteiger partial charge on any atom is -0.337 e. The van der Waals surface area contributed by atoms with Crippen molar-refractivity contribution in [1.29, 1.82) is 0 Å². The van der Waals surface area contributed by atoms with E-state index in [4.69, 9.17) is 23.2 Å². The third-order valence-corrected chi connectivity index (χ3v) is 3.92. The highest BCUT2D eigenvalue weighted by molar-refractivity contribution is 6.39. The Bertz CT molecular complexity index is 433. The lowest BCUT2D eigenvalue weighted by Crippen LogP contribution is -2.47. The zero-order valence-corrected chi connectivity index (χ0v) is 13.0. The SMILES string of the molecule is CNC1CCCN(C(=O)c2c(Cl)cccc2Cl)C1.Cl. The zero-order chi connectivity index (χ0) is 13.1. The fraction of sp³-hybridized carbons (Fsp3) is 0.462. The van der Waals surface area contributed by atoms with Gasteiger partial charge in [-0.2, -0.15) is 0 Å². The monoisotopic (exact) mass is 322 g/mol. The Balaban J connectivity index is 0.00000180. The van der Waals surface area contributed by atoms with Crippen LogP contribution in [0, 0.1) is 0 Å². The minimum atomic E-state index is -0.0782. The van der Waals surface area contributed by atoms with Crippen molar-refractivity contribution in [2.45, 2.75) is 18.9 Å². The Morgan fingerprint density at radius 1 is 1.37 bits per heavy atom. The average Bonchev–Trinajstić information content (AvgIpc) is 2.38. The molecule has 0 bridgehead atoms. The first kappa shape index (κ1) is 16.6. The van der Waals surface area contributed by atoms with Gasteiger partial charge >= 0.3 is 0 Å². The molecule has 1 N–H and O–H groups in total. The van der Waals surface area contributed by atoms with Gasteiger partial charge in [-0.25, -0.2) is 0 Å². The number of carbonyl (C=O) groups excluding carboxylic acids is 1. The van der Waals surface area contributed by atoms with Gasteiger partial charge in [-0.05, 0) is 32.0 Å². The summed E-state index contributed by atoms with van der Waals surface area (Å²) in [5.41, 5.74) is 0.414. The summed E-state index contributed by atoms with van der Waals surface area (Å²) < 4.78 is 0. The summed E-state index contributed by atoms with van der Waals surface area (Å²) in [6.07, 6.45) is 2.09. The molecule has 1 aliphatic rings. The second-order valence-electron chi connectivity index (χ2n) is 4.48. The zero-order valence-electron chi connectivity index (χ0n) is 10.7. The van der Waals surface area contributed by atoms with E-state index in [1.165, 1.54) is 0 Å². The number of nitrogens with zero attached hydrogens (tertiary/aromatic N) is 1. The van der Waals surface area contributed by atoms with Gasteiger partial charge in [0, 0.05) is 19.1 Å². The summed E-state index contributed by atoms with van der Waals surface area (Å²) in [4.78, 5) is 14.2. The third-order valence-electron chi connectivity index (χ3n) is 3.29. The van der Waals surface area contributed by atoms with Crippen LogP contribution >= 0.6 is 35.6 Å². The molecule has 1 unspecified atom stereocenters. The quantitative estimate of drug-likeness (QED) is 0.906. The van der Waals surface area contributed by atoms with Crippen molar-refractivity contribution in [3.63, 3.8) is 0 Å². The van der Waals surface area contributed by atoms with Crippen molar-refractivity contribution in [2.75, 3.05) is 20.1 Å². The van der Waals surface area contributed by atoms with Gasteiger partial charge in [-0.3, -0.25) is 4.79 Å². The predicted molar refractivity (Wildman–Crippen MR) is 81.7 cm³/mol.